The zero-order valence-electron chi connectivity index (χ0n) is 11.7. The third-order valence-electron chi connectivity index (χ3n) is 3.23. The third-order valence-corrected chi connectivity index (χ3v) is 3.52. The van der Waals surface area contributed by atoms with Crippen LogP contribution in [0.25, 0.3) is 0 Å². The predicted molar refractivity (Wildman–Crippen MR) is 86.4 cm³/mol. The Balaban J connectivity index is 1.72. The molecule has 0 bridgehead atoms. The molecule has 6 heteroatoms. The van der Waals surface area contributed by atoms with E-state index in [-0.39, 0.29) is 29.5 Å². The quantitative estimate of drug-likeness (QED) is 0.506. The Bertz CT molecular complexity index is 523. The Hall–Kier alpha value is -1.82. The van der Waals surface area contributed by atoms with Crippen molar-refractivity contribution in [3.05, 3.63) is 36.1 Å². The average molecular weight is 305 g/mol. The van der Waals surface area contributed by atoms with Gasteiger partial charge in [-0.25, -0.2) is 0 Å². The third kappa shape index (κ3) is 4.90. The highest BCUT2D eigenvalue weighted by molar-refractivity contribution is 7.81. The molecule has 2 N–H and O–H groups in total. The second-order valence-corrected chi connectivity index (χ2v) is 5.21. The van der Waals surface area contributed by atoms with E-state index in [1.807, 2.05) is 24.3 Å². The number of carbonyl (C=O) groups excluding carboxylic acids is 2. The van der Waals surface area contributed by atoms with E-state index in [4.69, 9.17) is 0 Å². The van der Waals surface area contributed by atoms with Crippen LogP contribution in [0.4, 0.5) is 0 Å². The molecule has 1 heterocycles. The summed E-state index contributed by atoms with van der Waals surface area (Å²) < 4.78 is 0. The standard InChI is InChI=1S/C15H19N3O2S/c19-14(6-3-7-16-15(20)10-21)18-12-8-11-4-1-2-5-13(11)17-9-12/h1-2,4-5,8-9,11,13,21H,3,6-7,10H2,(H,16,20)(H,18,19). The van der Waals surface area contributed by atoms with Crippen LogP contribution >= 0.6 is 12.6 Å². The van der Waals surface area contributed by atoms with Crippen LogP contribution in [-0.2, 0) is 9.59 Å². The molecule has 0 aromatic rings. The van der Waals surface area contributed by atoms with Crippen molar-refractivity contribution in [1.82, 2.24) is 10.6 Å². The molecule has 0 spiro atoms. The van der Waals surface area contributed by atoms with Gasteiger partial charge in [0.25, 0.3) is 0 Å². The molecule has 2 unspecified atom stereocenters. The zero-order valence-corrected chi connectivity index (χ0v) is 12.6. The summed E-state index contributed by atoms with van der Waals surface area (Å²) in [5, 5.41) is 5.52. The Morgan fingerprint density at radius 1 is 1.24 bits per heavy atom. The Morgan fingerprint density at radius 2 is 2.05 bits per heavy atom. The smallest absolute Gasteiger partial charge is 0.229 e. The van der Waals surface area contributed by atoms with Crippen molar-refractivity contribution in [1.29, 1.82) is 0 Å². The van der Waals surface area contributed by atoms with Gasteiger partial charge in [0.05, 0.1) is 17.5 Å². The maximum absolute atomic E-state index is 11.8. The maximum atomic E-state index is 11.8. The number of hydrogen-bond donors (Lipinski definition) is 3. The molecule has 2 amide bonds. The number of aliphatic imine (C=N–C) groups is 1. The Labute approximate surface area is 129 Å². The summed E-state index contributed by atoms with van der Waals surface area (Å²) in [4.78, 5) is 27.2. The van der Waals surface area contributed by atoms with Gasteiger partial charge in [-0.1, -0.05) is 24.3 Å². The molecule has 0 aromatic carbocycles. The highest BCUT2D eigenvalue weighted by Gasteiger charge is 2.19. The van der Waals surface area contributed by atoms with Crippen molar-refractivity contribution in [3.63, 3.8) is 0 Å². The number of rotatable bonds is 6. The summed E-state index contributed by atoms with van der Waals surface area (Å²) >= 11 is 3.86. The van der Waals surface area contributed by atoms with Crippen LogP contribution in [0.2, 0.25) is 0 Å². The number of nitrogens with zero attached hydrogens (tertiary/aromatic N) is 1. The molecule has 21 heavy (non-hydrogen) atoms. The van der Waals surface area contributed by atoms with E-state index in [0.717, 1.165) is 5.70 Å². The summed E-state index contributed by atoms with van der Waals surface area (Å²) in [5.41, 5.74) is 0.737. The van der Waals surface area contributed by atoms with Crippen molar-refractivity contribution in [2.75, 3.05) is 12.3 Å². The first-order valence-corrected chi connectivity index (χ1v) is 7.59. The number of amides is 2. The largest absolute Gasteiger partial charge is 0.355 e. The van der Waals surface area contributed by atoms with E-state index in [1.54, 1.807) is 6.21 Å². The minimum Gasteiger partial charge on any atom is -0.355 e. The fraction of sp³-hybridized carbons (Fsp3) is 0.400. The van der Waals surface area contributed by atoms with Gasteiger partial charge in [0.1, 0.15) is 0 Å². The first-order valence-electron chi connectivity index (χ1n) is 6.96. The van der Waals surface area contributed by atoms with E-state index in [0.29, 0.717) is 19.4 Å². The minimum atomic E-state index is -0.121. The van der Waals surface area contributed by atoms with Crippen LogP contribution in [0.3, 0.4) is 0 Å². The highest BCUT2D eigenvalue weighted by Crippen LogP contribution is 2.21. The Morgan fingerprint density at radius 3 is 2.86 bits per heavy atom. The van der Waals surface area contributed by atoms with Gasteiger partial charge in [-0.2, -0.15) is 12.6 Å². The maximum Gasteiger partial charge on any atom is 0.229 e. The highest BCUT2D eigenvalue weighted by atomic mass is 32.1. The van der Waals surface area contributed by atoms with Crippen LogP contribution in [0, 0.1) is 5.92 Å². The van der Waals surface area contributed by atoms with E-state index in [1.165, 1.54) is 0 Å². The average Bonchev–Trinajstić information content (AvgIpc) is 2.51. The van der Waals surface area contributed by atoms with Crippen molar-refractivity contribution in [3.8, 4) is 0 Å². The zero-order chi connectivity index (χ0) is 15.1. The summed E-state index contributed by atoms with van der Waals surface area (Å²) in [6.45, 7) is 0.484. The molecule has 1 aliphatic heterocycles. The number of allylic oxidation sites excluding steroid dienone is 3. The molecule has 0 aromatic heterocycles. The number of carbonyl (C=O) groups is 2. The van der Waals surface area contributed by atoms with Gasteiger partial charge in [-0.15, -0.1) is 0 Å². The van der Waals surface area contributed by atoms with E-state index >= 15 is 0 Å². The first-order chi connectivity index (χ1) is 10.2. The molecule has 2 atom stereocenters. The number of nitrogens with one attached hydrogen (secondary N) is 2. The number of dihydropyridines is 1. The number of thiol groups is 1. The second-order valence-electron chi connectivity index (χ2n) is 4.90. The summed E-state index contributed by atoms with van der Waals surface area (Å²) in [6, 6.07) is 0.145. The van der Waals surface area contributed by atoms with Crippen LogP contribution in [0.1, 0.15) is 12.8 Å². The second kappa shape index (κ2) is 7.83. The van der Waals surface area contributed by atoms with E-state index in [9.17, 15) is 9.59 Å². The lowest BCUT2D eigenvalue weighted by Gasteiger charge is -2.22. The van der Waals surface area contributed by atoms with Gasteiger partial charge in [0.2, 0.25) is 11.8 Å². The van der Waals surface area contributed by atoms with Crippen molar-refractivity contribution in [2.24, 2.45) is 10.9 Å². The molecular weight excluding hydrogens is 286 g/mol. The summed E-state index contributed by atoms with van der Waals surface area (Å²) in [7, 11) is 0. The van der Waals surface area contributed by atoms with Crippen molar-refractivity contribution in [2.45, 2.75) is 18.9 Å². The van der Waals surface area contributed by atoms with Gasteiger partial charge >= 0.3 is 0 Å². The lowest BCUT2D eigenvalue weighted by Crippen LogP contribution is -2.30. The van der Waals surface area contributed by atoms with Gasteiger partial charge in [-0.05, 0) is 12.5 Å². The SMILES string of the molecule is O=C(CS)NCCCC(=O)NC1=CC2C=CC=CC2N=C1. The fourth-order valence-corrected chi connectivity index (χ4v) is 2.27. The van der Waals surface area contributed by atoms with E-state index < -0.39 is 0 Å². The van der Waals surface area contributed by atoms with Crippen molar-refractivity contribution < 1.29 is 9.59 Å². The molecule has 5 nitrogen and oxygen atoms in total. The first kappa shape index (κ1) is 15.6. The molecule has 0 saturated heterocycles. The van der Waals surface area contributed by atoms with Gasteiger partial charge in [0, 0.05) is 25.1 Å². The van der Waals surface area contributed by atoms with Gasteiger partial charge in [0.15, 0.2) is 0 Å². The Kier molecular flexibility index (Phi) is 5.80. The van der Waals surface area contributed by atoms with Crippen LogP contribution < -0.4 is 10.6 Å². The van der Waals surface area contributed by atoms with Crippen LogP contribution in [-0.4, -0.2) is 36.4 Å². The number of fused-ring (bicyclic) bond motifs is 1. The van der Waals surface area contributed by atoms with Crippen LogP contribution in [0.5, 0.6) is 0 Å². The summed E-state index contributed by atoms with van der Waals surface area (Å²) in [6.07, 6.45) is 12.8. The molecule has 2 aliphatic rings. The topological polar surface area (TPSA) is 70.6 Å². The fourth-order valence-electron chi connectivity index (χ4n) is 2.16. The molecule has 112 valence electrons. The van der Waals surface area contributed by atoms with Gasteiger partial charge in [-0.3, -0.25) is 14.6 Å². The predicted octanol–water partition coefficient (Wildman–Crippen LogP) is 1.01. The van der Waals surface area contributed by atoms with Crippen LogP contribution in [0.15, 0.2) is 41.1 Å². The van der Waals surface area contributed by atoms with E-state index in [2.05, 4.69) is 34.3 Å². The summed E-state index contributed by atoms with van der Waals surface area (Å²) in [5.74, 6) is 0.190. The molecule has 0 fully saturated rings. The molecule has 0 radical (unpaired) electrons. The molecule has 0 saturated carbocycles. The van der Waals surface area contributed by atoms with Gasteiger partial charge < -0.3 is 10.6 Å². The molecule has 2 rings (SSSR count). The lowest BCUT2D eigenvalue weighted by atomic mass is 9.93. The number of hydrogen-bond acceptors (Lipinski definition) is 4. The molecular formula is C15H19N3O2S. The minimum absolute atomic E-state index is 0.0680. The normalized spacial score (nSPS) is 22.4. The monoisotopic (exact) mass is 305 g/mol. The lowest BCUT2D eigenvalue weighted by molar-refractivity contribution is -0.121. The molecule has 1 aliphatic carbocycles. The van der Waals surface area contributed by atoms with Crippen molar-refractivity contribution >= 4 is 30.7 Å².